The average molecular weight is 325 g/mol. The third-order valence-corrected chi connectivity index (χ3v) is 4.12. The standard InChI is InChI=1S/C17H15N3O2S/c1-11-5-3-6-12(9-11)16-19-20-17(23-16)18-10-13-7-4-8-14(22-2)15(13)21/h3-10,21H,1-2H3/b18-10+. The Morgan fingerprint density at radius 2 is 2.00 bits per heavy atom. The van der Waals surface area contributed by atoms with Gasteiger partial charge in [-0.2, -0.15) is 0 Å². The van der Waals surface area contributed by atoms with E-state index in [1.165, 1.54) is 24.0 Å². The zero-order valence-corrected chi connectivity index (χ0v) is 13.5. The maximum absolute atomic E-state index is 10.0. The number of aromatic hydroxyl groups is 1. The van der Waals surface area contributed by atoms with Crippen LogP contribution in [0.3, 0.4) is 0 Å². The summed E-state index contributed by atoms with van der Waals surface area (Å²) in [6.07, 6.45) is 1.55. The van der Waals surface area contributed by atoms with E-state index < -0.39 is 0 Å². The smallest absolute Gasteiger partial charge is 0.231 e. The van der Waals surface area contributed by atoms with E-state index in [0.717, 1.165) is 10.6 Å². The second kappa shape index (κ2) is 6.58. The highest BCUT2D eigenvalue weighted by Crippen LogP contribution is 2.30. The molecule has 0 bridgehead atoms. The summed E-state index contributed by atoms with van der Waals surface area (Å²) in [5.41, 5.74) is 2.76. The minimum Gasteiger partial charge on any atom is -0.504 e. The van der Waals surface area contributed by atoms with Crippen LogP contribution in [0, 0.1) is 6.92 Å². The van der Waals surface area contributed by atoms with E-state index in [9.17, 15) is 5.11 Å². The first-order valence-corrected chi connectivity index (χ1v) is 7.79. The van der Waals surface area contributed by atoms with Crippen LogP contribution in [-0.4, -0.2) is 28.6 Å². The molecule has 1 heterocycles. The Hall–Kier alpha value is -2.73. The number of para-hydroxylation sites is 1. The van der Waals surface area contributed by atoms with Crippen LogP contribution in [0.15, 0.2) is 47.5 Å². The molecule has 3 rings (SSSR count). The normalized spacial score (nSPS) is 11.0. The lowest BCUT2D eigenvalue weighted by Crippen LogP contribution is -1.88. The fraction of sp³-hybridized carbons (Fsp3) is 0.118. The highest BCUT2D eigenvalue weighted by atomic mass is 32.1. The number of aryl methyl sites for hydroxylation is 1. The predicted octanol–water partition coefficient (Wildman–Crippen LogP) is 3.98. The minimum absolute atomic E-state index is 0.0576. The number of hydrogen-bond donors (Lipinski definition) is 1. The fourth-order valence-corrected chi connectivity index (χ4v) is 2.78. The molecule has 0 unspecified atom stereocenters. The molecule has 1 N–H and O–H groups in total. The summed E-state index contributed by atoms with van der Waals surface area (Å²) >= 11 is 1.40. The van der Waals surface area contributed by atoms with Gasteiger partial charge >= 0.3 is 0 Å². The van der Waals surface area contributed by atoms with E-state index in [1.807, 2.05) is 25.1 Å². The molecule has 0 aliphatic rings. The van der Waals surface area contributed by atoms with Crippen molar-refractivity contribution in [2.24, 2.45) is 4.99 Å². The van der Waals surface area contributed by atoms with E-state index in [0.29, 0.717) is 16.4 Å². The Kier molecular flexibility index (Phi) is 4.34. The lowest BCUT2D eigenvalue weighted by Gasteiger charge is -2.04. The third-order valence-electron chi connectivity index (χ3n) is 3.24. The van der Waals surface area contributed by atoms with Gasteiger partial charge in [-0.05, 0) is 25.1 Å². The molecule has 0 spiro atoms. The van der Waals surface area contributed by atoms with Crippen LogP contribution in [0.5, 0.6) is 11.5 Å². The number of aliphatic imine (C=N–C) groups is 1. The maximum Gasteiger partial charge on any atom is 0.231 e. The van der Waals surface area contributed by atoms with E-state index in [4.69, 9.17) is 4.74 Å². The van der Waals surface area contributed by atoms with Crippen LogP contribution in [0.25, 0.3) is 10.6 Å². The molecule has 1 aromatic heterocycles. The van der Waals surface area contributed by atoms with Gasteiger partial charge in [-0.25, -0.2) is 4.99 Å². The van der Waals surface area contributed by atoms with Crippen molar-refractivity contribution in [1.29, 1.82) is 0 Å². The van der Waals surface area contributed by atoms with Gasteiger partial charge in [-0.3, -0.25) is 0 Å². The number of ether oxygens (including phenoxy) is 1. The minimum atomic E-state index is 0.0576. The Bertz CT molecular complexity index is 859. The summed E-state index contributed by atoms with van der Waals surface area (Å²) in [6.45, 7) is 2.04. The molecule has 0 saturated carbocycles. The number of nitrogens with zero attached hydrogens (tertiary/aromatic N) is 3. The number of hydrogen-bond acceptors (Lipinski definition) is 6. The first kappa shape index (κ1) is 15.2. The Labute approximate surface area is 137 Å². The highest BCUT2D eigenvalue weighted by molar-refractivity contribution is 7.18. The van der Waals surface area contributed by atoms with Crippen molar-refractivity contribution >= 4 is 22.7 Å². The summed E-state index contributed by atoms with van der Waals surface area (Å²) in [4.78, 5) is 4.29. The molecule has 0 aliphatic heterocycles. The molecule has 6 heteroatoms. The monoisotopic (exact) mass is 325 g/mol. The summed E-state index contributed by atoms with van der Waals surface area (Å²) in [5, 5.41) is 19.6. The largest absolute Gasteiger partial charge is 0.504 e. The second-order valence-corrected chi connectivity index (χ2v) is 5.87. The van der Waals surface area contributed by atoms with Gasteiger partial charge in [-0.15, -0.1) is 10.2 Å². The molecule has 3 aromatic rings. The van der Waals surface area contributed by atoms with Gasteiger partial charge in [-0.1, -0.05) is 41.2 Å². The number of aromatic nitrogens is 2. The quantitative estimate of drug-likeness (QED) is 0.737. The Morgan fingerprint density at radius 3 is 2.78 bits per heavy atom. The highest BCUT2D eigenvalue weighted by Gasteiger charge is 2.07. The van der Waals surface area contributed by atoms with Crippen molar-refractivity contribution in [3.63, 3.8) is 0 Å². The first-order chi connectivity index (χ1) is 11.2. The molecule has 0 aliphatic carbocycles. The van der Waals surface area contributed by atoms with E-state index in [1.54, 1.807) is 24.4 Å². The van der Waals surface area contributed by atoms with Gasteiger partial charge in [0.25, 0.3) is 0 Å². The second-order valence-electron chi connectivity index (χ2n) is 4.92. The van der Waals surface area contributed by atoms with Crippen LogP contribution in [0.2, 0.25) is 0 Å². The third kappa shape index (κ3) is 3.37. The van der Waals surface area contributed by atoms with Crippen molar-refractivity contribution in [3.8, 4) is 22.1 Å². The van der Waals surface area contributed by atoms with Crippen LogP contribution in [0.1, 0.15) is 11.1 Å². The summed E-state index contributed by atoms with van der Waals surface area (Å²) in [7, 11) is 1.51. The fourth-order valence-electron chi connectivity index (χ4n) is 2.10. The zero-order chi connectivity index (χ0) is 16.2. The molecule has 0 atom stereocenters. The lowest BCUT2D eigenvalue weighted by molar-refractivity contribution is 0.373. The van der Waals surface area contributed by atoms with Crippen LogP contribution in [-0.2, 0) is 0 Å². The number of phenolic OH excluding ortho intramolecular Hbond substituents is 1. The Balaban J connectivity index is 1.84. The van der Waals surface area contributed by atoms with Crippen LogP contribution >= 0.6 is 11.3 Å². The average Bonchev–Trinajstić information content (AvgIpc) is 3.03. The molecular formula is C17H15N3O2S. The lowest BCUT2D eigenvalue weighted by atomic mass is 10.1. The summed E-state index contributed by atoms with van der Waals surface area (Å²) in [6, 6.07) is 13.3. The molecule has 0 radical (unpaired) electrons. The van der Waals surface area contributed by atoms with Crippen LogP contribution in [0.4, 0.5) is 5.13 Å². The zero-order valence-electron chi connectivity index (χ0n) is 12.7. The number of benzene rings is 2. The topological polar surface area (TPSA) is 67.6 Å². The maximum atomic E-state index is 10.0. The molecule has 5 nitrogen and oxygen atoms in total. The number of methoxy groups -OCH3 is 1. The first-order valence-electron chi connectivity index (χ1n) is 6.98. The predicted molar refractivity (Wildman–Crippen MR) is 92.0 cm³/mol. The Morgan fingerprint density at radius 1 is 1.17 bits per heavy atom. The summed E-state index contributed by atoms with van der Waals surface area (Å²) < 4.78 is 5.07. The molecule has 0 amide bonds. The molecule has 116 valence electrons. The van der Waals surface area contributed by atoms with E-state index in [-0.39, 0.29) is 5.75 Å². The molecule has 2 aromatic carbocycles. The van der Waals surface area contributed by atoms with Crippen LogP contribution < -0.4 is 4.74 Å². The van der Waals surface area contributed by atoms with Gasteiger partial charge in [0.2, 0.25) is 5.13 Å². The van der Waals surface area contributed by atoms with E-state index in [2.05, 4.69) is 21.3 Å². The van der Waals surface area contributed by atoms with Gasteiger partial charge in [0.15, 0.2) is 11.5 Å². The van der Waals surface area contributed by atoms with Crippen molar-refractivity contribution < 1.29 is 9.84 Å². The molecule has 0 saturated heterocycles. The van der Waals surface area contributed by atoms with Gasteiger partial charge in [0.1, 0.15) is 5.01 Å². The number of rotatable bonds is 4. The van der Waals surface area contributed by atoms with Gasteiger partial charge in [0, 0.05) is 17.3 Å². The van der Waals surface area contributed by atoms with Crippen molar-refractivity contribution in [3.05, 3.63) is 53.6 Å². The number of phenols is 1. The molecule has 0 fully saturated rings. The molecular weight excluding hydrogens is 310 g/mol. The van der Waals surface area contributed by atoms with Crippen molar-refractivity contribution in [2.45, 2.75) is 6.92 Å². The molecule has 23 heavy (non-hydrogen) atoms. The van der Waals surface area contributed by atoms with Gasteiger partial charge < -0.3 is 9.84 Å². The van der Waals surface area contributed by atoms with Crippen molar-refractivity contribution in [1.82, 2.24) is 10.2 Å². The van der Waals surface area contributed by atoms with E-state index >= 15 is 0 Å². The summed E-state index contributed by atoms with van der Waals surface area (Å²) in [5.74, 6) is 0.467. The van der Waals surface area contributed by atoms with Crippen molar-refractivity contribution in [2.75, 3.05) is 7.11 Å². The SMILES string of the molecule is COc1cccc(/C=N/c2nnc(-c3cccc(C)c3)s2)c1O. The van der Waals surface area contributed by atoms with Gasteiger partial charge in [0.05, 0.1) is 7.11 Å².